The highest BCUT2D eigenvalue weighted by Gasteiger charge is 2.37. The largest absolute Gasteiger partial charge is 0.506 e. The lowest BCUT2D eigenvalue weighted by Crippen LogP contribution is -2.52. The lowest BCUT2D eigenvalue weighted by Gasteiger charge is -2.44. The Morgan fingerprint density at radius 2 is 1.53 bits per heavy atom. The van der Waals surface area contributed by atoms with Crippen molar-refractivity contribution in [1.29, 1.82) is 0 Å². The molecule has 0 radical (unpaired) electrons. The number of nitrogens with one attached hydrogen (secondary N) is 2. The molecule has 1 aromatic heterocycles. The van der Waals surface area contributed by atoms with Crippen molar-refractivity contribution in [3.63, 3.8) is 0 Å². The number of carbonyl (C=O) groups is 1. The van der Waals surface area contributed by atoms with E-state index in [9.17, 15) is 19.8 Å². The summed E-state index contributed by atoms with van der Waals surface area (Å²) in [6, 6.07) is 33.4. The van der Waals surface area contributed by atoms with E-state index in [1.807, 2.05) is 24.3 Å². The normalized spacial score (nSPS) is 18.6. The first-order valence-corrected chi connectivity index (χ1v) is 20.9. The predicted molar refractivity (Wildman–Crippen MR) is 226 cm³/mol. The second kappa shape index (κ2) is 19.9. The first-order valence-electron chi connectivity index (χ1n) is 20.9. The van der Waals surface area contributed by atoms with Crippen LogP contribution in [0.2, 0.25) is 0 Å². The van der Waals surface area contributed by atoms with Gasteiger partial charge in [0.2, 0.25) is 5.56 Å². The van der Waals surface area contributed by atoms with E-state index < -0.39 is 6.10 Å². The highest BCUT2D eigenvalue weighted by atomic mass is 16.5. The maximum atomic E-state index is 13.6. The first-order chi connectivity index (χ1) is 27.9. The molecular formula is C48H57N3O6. The Hall–Kier alpha value is -4.96. The number of phenols is 1. The molecule has 3 aliphatic rings. The van der Waals surface area contributed by atoms with Gasteiger partial charge in [0.15, 0.2) is 0 Å². The van der Waals surface area contributed by atoms with Crippen LogP contribution in [0.5, 0.6) is 11.5 Å². The number of unbranched alkanes of at least 4 members (excludes halogenated alkanes) is 6. The number of pyridine rings is 1. The highest BCUT2D eigenvalue weighted by Crippen LogP contribution is 2.36. The van der Waals surface area contributed by atoms with Crippen LogP contribution in [-0.2, 0) is 9.53 Å². The lowest BCUT2D eigenvalue weighted by molar-refractivity contribution is -0.159. The van der Waals surface area contributed by atoms with Gasteiger partial charge in [-0.1, -0.05) is 105 Å². The van der Waals surface area contributed by atoms with Crippen LogP contribution in [0.25, 0.3) is 22.0 Å². The Kier molecular flexibility index (Phi) is 14.1. The molecule has 3 fully saturated rings. The lowest BCUT2D eigenvalue weighted by atomic mass is 9.85. The third-order valence-electron chi connectivity index (χ3n) is 11.8. The molecule has 4 heterocycles. The molecule has 5 aromatic rings. The minimum atomic E-state index is -0.748. The van der Waals surface area contributed by atoms with Crippen molar-refractivity contribution in [1.82, 2.24) is 15.2 Å². The van der Waals surface area contributed by atoms with Crippen molar-refractivity contribution in [3.05, 3.63) is 130 Å². The van der Waals surface area contributed by atoms with E-state index in [0.717, 1.165) is 106 Å². The molecule has 9 heteroatoms. The number of ether oxygens (including phenoxy) is 2. The minimum absolute atomic E-state index is 0.00921. The number of nitrogens with zero attached hydrogens (tertiary/aromatic N) is 1. The van der Waals surface area contributed by atoms with Gasteiger partial charge >= 0.3 is 5.97 Å². The number of phenolic OH excluding ortho intramolecular Hbond substituents is 1. The number of rotatable bonds is 20. The fourth-order valence-corrected chi connectivity index (χ4v) is 8.57. The third kappa shape index (κ3) is 10.9. The summed E-state index contributed by atoms with van der Waals surface area (Å²) in [5.41, 5.74) is 5.06. The summed E-state index contributed by atoms with van der Waals surface area (Å²) in [6.45, 7) is 4.92. The van der Waals surface area contributed by atoms with Gasteiger partial charge in [-0.25, -0.2) is 0 Å². The number of esters is 1. The Bertz CT molecular complexity index is 2100. The molecule has 0 spiro atoms. The van der Waals surface area contributed by atoms with Crippen LogP contribution in [0.4, 0.5) is 0 Å². The molecule has 3 saturated heterocycles. The van der Waals surface area contributed by atoms with Gasteiger partial charge in [0.05, 0.1) is 24.6 Å². The summed E-state index contributed by atoms with van der Waals surface area (Å²) >= 11 is 0. The van der Waals surface area contributed by atoms with Crippen molar-refractivity contribution in [2.75, 3.05) is 39.3 Å². The van der Waals surface area contributed by atoms with Crippen molar-refractivity contribution in [2.24, 2.45) is 5.92 Å². The summed E-state index contributed by atoms with van der Waals surface area (Å²) in [5, 5.41) is 24.9. The van der Waals surface area contributed by atoms with Gasteiger partial charge in [-0.15, -0.1) is 0 Å². The van der Waals surface area contributed by atoms with E-state index in [1.165, 1.54) is 18.6 Å². The molecule has 0 aliphatic carbocycles. The molecule has 3 atom stereocenters. The zero-order valence-electron chi connectivity index (χ0n) is 32.9. The van der Waals surface area contributed by atoms with Crippen LogP contribution < -0.4 is 15.6 Å². The van der Waals surface area contributed by atoms with Gasteiger partial charge in [0.25, 0.3) is 0 Å². The maximum absolute atomic E-state index is 13.6. The molecule has 0 saturated carbocycles. The predicted octanol–water partition coefficient (Wildman–Crippen LogP) is 8.49. The van der Waals surface area contributed by atoms with Gasteiger partial charge in [0, 0.05) is 30.5 Å². The third-order valence-corrected chi connectivity index (χ3v) is 11.8. The van der Waals surface area contributed by atoms with Crippen LogP contribution in [-0.4, -0.2) is 71.5 Å². The number of carbonyl (C=O) groups excluding carboxylic acids is 1. The van der Waals surface area contributed by atoms with E-state index >= 15 is 0 Å². The van der Waals surface area contributed by atoms with Crippen molar-refractivity contribution < 1.29 is 24.5 Å². The average Bonchev–Trinajstić information content (AvgIpc) is 3.24. The number of fused-ring (bicyclic) bond motifs is 4. The molecular weight excluding hydrogens is 715 g/mol. The summed E-state index contributed by atoms with van der Waals surface area (Å²) in [7, 11) is 0. The standard InChI is InChI=1S/C48H57N3O6/c52-43-20-18-40(41-19-21-46(54)50-48(41)43)44(53)32-49-24-12-4-2-1-3-5-13-27-56-39-29-37(34-14-8-6-9-15-34)28-38(30-39)42(35-16-10-7-11-17-35)31-47(55)57-45-33-51-25-22-36(45)23-26-51/h6-11,14-21,28-30,36,42,44-45,49,52-53H,1-5,12-13,22-27,31-33H2,(H,50,54)/t42?,44-,45-/m0/s1. The van der Waals surface area contributed by atoms with Crippen LogP contribution in [0.3, 0.4) is 0 Å². The van der Waals surface area contributed by atoms with Crippen molar-refractivity contribution in [2.45, 2.75) is 82.3 Å². The highest BCUT2D eigenvalue weighted by molar-refractivity contribution is 5.87. The van der Waals surface area contributed by atoms with Crippen molar-refractivity contribution >= 4 is 16.9 Å². The molecule has 8 rings (SSSR count). The fraction of sp³-hybridized carbons (Fsp3) is 0.417. The van der Waals surface area contributed by atoms with Crippen molar-refractivity contribution in [3.8, 4) is 22.6 Å². The van der Waals surface area contributed by atoms with Crippen LogP contribution in [0.15, 0.2) is 108 Å². The molecule has 4 N–H and O–H groups in total. The molecule has 1 unspecified atom stereocenters. The number of H-pyrrole nitrogens is 1. The molecule has 57 heavy (non-hydrogen) atoms. The smallest absolute Gasteiger partial charge is 0.307 e. The summed E-state index contributed by atoms with van der Waals surface area (Å²) in [4.78, 5) is 30.4. The van der Waals surface area contributed by atoms with E-state index in [-0.39, 0.29) is 35.7 Å². The number of aliphatic hydroxyl groups excluding tert-OH is 1. The summed E-state index contributed by atoms with van der Waals surface area (Å²) in [5.74, 6) is 0.999. The molecule has 300 valence electrons. The van der Waals surface area contributed by atoms with Gasteiger partial charge in [-0.2, -0.15) is 0 Å². The Balaban J connectivity index is 0.867. The van der Waals surface area contributed by atoms with Crippen LogP contribution in [0.1, 0.15) is 92.9 Å². The molecule has 4 aromatic carbocycles. The second-order valence-corrected chi connectivity index (χ2v) is 15.8. The summed E-state index contributed by atoms with van der Waals surface area (Å²) < 4.78 is 12.6. The molecule has 2 bridgehead atoms. The Morgan fingerprint density at radius 1 is 0.807 bits per heavy atom. The SMILES string of the molecule is O=C(CC(c1ccccc1)c1cc(OCCCCCCCCCNC[C@H](O)c2ccc(O)c3[nH]c(=O)ccc23)cc(-c2ccccc2)c1)O[C@H]1CN2CCC1CC2. The minimum Gasteiger partial charge on any atom is -0.506 e. The van der Waals surface area contributed by atoms with Gasteiger partial charge < -0.3 is 30.0 Å². The number of aromatic amines is 1. The van der Waals surface area contributed by atoms with E-state index in [0.29, 0.717) is 35.5 Å². The number of hydrogen-bond acceptors (Lipinski definition) is 8. The number of aromatic nitrogens is 1. The number of piperidine rings is 3. The monoisotopic (exact) mass is 771 g/mol. The fourth-order valence-electron chi connectivity index (χ4n) is 8.57. The topological polar surface area (TPSA) is 124 Å². The van der Waals surface area contributed by atoms with Gasteiger partial charge in [-0.3, -0.25) is 14.5 Å². The molecule has 0 amide bonds. The number of benzene rings is 4. The number of hydrogen-bond donors (Lipinski definition) is 4. The second-order valence-electron chi connectivity index (χ2n) is 15.8. The van der Waals surface area contributed by atoms with Crippen LogP contribution >= 0.6 is 0 Å². The maximum Gasteiger partial charge on any atom is 0.307 e. The molecule has 9 nitrogen and oxygen atoms in total. The zero-order valence-corrected chi connectivity index (χ0v) is 32.9. The van der Waals surface area contributed by atoms with E-state index in [1.54, 1.807) is 12.1 Å². The first kappa shape index (κ1) is 40.2. The number of aliphatic hydroxyl groups is 1. The van der Waals surface area contributed by atoms with Gasteiger partial charge in [-0.05, 0) is 103 Å². The van der Waals surface area contributed by atoms with E-state index in [4.69, 9.17) is 9.47 Å². The zero-order chi connectivity index (χ0) is 39.4. The van der Waals surface area contributed by atoms with Crippen LogP contribution in [0, 0.1) is 5.92 Å². The van der Waals surface area contributed by atoms with Gasteiger partial charge in [0.1, 0.15) is 17.6 Å². The van der Waals surface area contributed by atoms with E-state index in [2.05, 4.69) is 69.8 Å². The summed E-state index contributed by atoms with van der Waals surface area (Å²) in [6.07, 6.45) is 9.44. The Morgan fingerprint density at radius 3 is 2.26 bits per heavy atom. The Labute approximate surface area is 336 Å². The average molecular weight is 772 g/mol. The molecule has 3 aliphatic heterocycles. The number of aromatic hydroxyl groups is 1. The quantitative estimate of drug-likeness (QED) is 0.0459.